The summed E-state index contributed by atoms with van der Waals surface area (Å²) in [5.41, 5.74) is 1.76. The van der Waals surface area contributed by atoms with Crippen molar-refractivity contribution in [3.8, 4) is 0 Å². The van der Waals surface area contributed by atoms with Crippen LogP contribution in [0.3, 0.4) is 0 Å². The standard InChI is InChI=1S/C26H35N3O8/c1-8-9-27-25(33)24-26(34)29(21-11-15(3)14(2)10-20(21)28-24)12-22(36-18(6)31)16(4)23(37-19(7)32)13-35-17(5)30/h10-11,16,22-23H,8-9,12-13H2,1-7H3,(H,27,33)/t16-,22-,23+/m0/s1. The molecular formula is C26H35N3O8. The fourth-order valence-corrected chi connectivity index (χ4v) is 3.80. The number of ether oxygens (including phenoxy) is 3. The predicted octanol–water partition coefficient (Wildman–Crippen LogP) is 2.22. The summed E-state index contributed by atoms with van der Waals surface area (Å²) in [5, 5.41) is 2.68. The molecule has 3 atom stereocenters. The average Bonchev–Trinajstić information content (AvgIpc) is 2.81. The van der Waals surface area contributed by atoms with E-state index in [-0.39, 0.29) is 18.8 Å². The maximum absolute atomic E-state index is 13.5. The Labute approximate surface area is 215 Å². The van der Waals surface area contributed by atoms with Crippen LogP contribution in [0.15, 0.2) is 16.9 Å². The van der Waals surface area contributed by atoms with Gasteiger partial charge in [-0.25, -0.2) is 4.98 Å². The minimum absolute atomic E-state index is 0.160. The Balaban J connectivity index is 2.65. The monoisotopic (exact) mass is 517 g/mol. The van der Waals surface area contributed by atoms with E-state index in [2.05, 4.69) is 10.3 Å². The molecule has 1 amide bonds. The molecule has 1 heterocycles. The number of benzene rings is 1. The summed E-state index contributed by atoms with van der Waals surface area (Å²) in [4.78, 5) is 65.8. The van der Waals surface area contributed by atoms with Crippen LogP contribution in [0.5, 0.6) is 0 Å². The topological polar surface area (TPSA) is 143 Å². The third-order valence-electron chi connectivity index (χ3n) is 5.93. The molecule has 0 fully saturated rings. The summed E-state index contributed by atoms with van der Waals surface area (Å²) in [6, 6.07) is 3.56. The molecule has 0 aliphatic rings. The second kappa shape index (κ2) is 13.0. The number of carbonyl (C=O) groups is 4. The second-order valence-corrected chi connectivity index (χ2v) is 9.01. The largest absolute Gasteiger partial charge is 0.462 e. The van der Waals surface area contributed by atoms with E-state index in [0.717, 1.165) is 11.1 Å². The number of hydrogen-bond donors (Lipinski definition) is 1. The van der Waals surface area contributed by atoms with Crippen molar-refractivity contribution in [3.63, 3.8) is 0 Å². The van der Waals surface area contributed by atoms with Gasteiger partial charge in [-0.2, -0.15) is 0 Å². The molecule has 11 nitrogen and oxygen atoms in total. The highest BCUT2D eigenvalue weighted by Gasteiger charge is 2.33. The van der Waals surface area contributed by atoms with Gasteiger partial charge in [0.05, 0.1) is 17.6 Å². The number of fused-ring (bicyclic) bond motifs is 1. The zero-order valence-corrected chi connectivity index (χ0v) is 22.4. The highest BCUT2D eigenvalue weighted by atomic mass is 16.6. The van der Waals surface area contributed by atoms with E-state index in [0.29, 0.717) is 24.0 Å². The first kappa shape index (κ1) is 29.5. The first-order chi connectivity index (χ1) is 17.3. The molecule has 202 valence electrons. The number of rotatable bonds is 11. The van der Waals surface area contributed by atoms with Gasteiger partial charge in [-0.1, -0.05) is 13.8 Å². The minimum atomic E-state index is -0.978. The number of aryl methyl sites for hydroxylation is 2. The Bertz CT molecular complexity index is 1240. The Kier molecular flexibility index (Phi) is 10.3. The molecule has 0 spiro atoms. The highest BCUT2D eigenvalue weighted by Crippen LogP contribution is 2.22. The molecule has 0 saturated heterocycles. The average molecular weight is 518 g/mol. The van der Waals surface area contributed by atoms with Gasteiger partial charge in [0.2, 0.25) is 0 Å². The molecule has 2 rings (SSSR count). The Morgan fingerprint density at radius 2 is 1.57 bits per heavy atom. The Hall–Kier alpha value is -3.76. The third-order valence-corrected chi connectivity index (χ3v) is 5.93. The Morgan fingerprint density at radius 1 is 0.973 bits per heavy atom. The third kappa shape index (κ3) is 7.86. The van der Waals surface area contributed by atoms with E-state index in [1.807, 2.05) is 20.8 Å². The normalized spacial score (nSPS) is 13.4. The van der Waals surface area contributed by atoms with Crippen LogP contribution in [0.2, 0.25) is 0 Å². The smallest absolute Gasteiger partial charge is 0.303 e. The van der Waals surface area contributed by atoms with E-state index in [9.17, 15) is 24.0 Å². The fraction of sp³-hybridized carbons (Fsp3) is 0.538. The molecule has 37 heavy (non-hydrogen) atoms. The number of hydrogen-bond acceptors (Lipinski definition) is 9. The molecule has 11 heteroatoms. The number of aromatic nitrogens is 2. The van der Waals surface area contributed by atoms with Gasteiger partial charge in [0.25, 0.3) is 11.5 Å². The van der Waals surface area contributed by atoms with Crippen molar-refractivity contribution in [1.82, 2.24) is 14.9 Å². The van der Waals surface area contributed by atoms with Crippen LogP contribution < -0.4 is 10.9 Å². The molecule has 0 aliphatic carbocycles. The lowest BCUT2D eigenvalue weighted by molar-refractivity contribution is -0.167. The minimum Gasteiger partial charge on any atom is -0.462 e. The zero-order valence-electron chi connectivity index (χ0n) is 22.4. The van der Waals surface area contributed by atoms with Crippen molar-refractivity contribution in [3.05, 3.63) is 39.3 Å². The summed E-state index contributed by atoms with van der Waals surface area (Å²) in [6.07, 6.45) is -1.25. The zero-order chi connectivity index (χ0) is 27.9. The van der Waals surface area contributed by atoms with E-state index in [1.165, 1.54) is 25.3 Å². The Morgan fingerprint density at radius 3 is 2.14 bits per heavy atom. The maximum Gasteiger partial charge on any atom is 0.303 e. The first-order valence-electron chi connectivity index (χ1n) is 12.1. The molecule has 2 aromatic rings. The van der Waals surface area contributed by atoms with Gasteiger partial charge in [-0.3, -0.25) is 24.0 Å². The molecule has 0 bridgehead atoms. The summed E-state index contributed by atoms with van der Waals surface area (Å²) in [5.74, 6) is -3.10. The fourth-order valence-electron chi connectivity index (χ4n) is 3.80. The number of esters is 3. The lowest BCUT2D eigenvalue weighted by Gasteiger charge is -2.30. The molecule has 0 unspecified atom stereocenters. The van der Waals surface area contributed by atoms with Gasteiger partial charge >= 0.3 is 17.9 Å². The molecule has 0 saturated carbocycles. The summed E-state index contributed by atoms with van der Waals surface area (Å²) >= 11 is 0. The van der Waals surface area contributed by atoms with E-state index >= 15 is 0 Å². The van der Waals surface area contributed by atoms with Gasteiger partial charge in [0, 0.05) is 33.2 Å². The van der Waals surface area contributed by atoms with Crippen molar-refractivity contribution in [1.29, 1.82) is 0 Å². The molecular weight excluding hydrogens is 482 g/mol. The number of nitrogens with one attached hydrogen (secondary N) is 1. The number of amides is 1. The molecule has 0 radical (unpaired) electrons. The van der Waals surface area contributed by atoms with Gasteiger partial charge in [-0.05, 0) is 43.5 Å². The number of carbonyl (C=O) groups excluding carboxylic acids is 4. The van der Waals surface area contributed by atoms with Crippen LogP contribution in [0, 0.1) is 19.8 Å². The predicted molar refractivity (Wildman–Crippen MR) is 135 cm³/mol. The van der Waals surface area contributed by atoms with Crippen LogP contribution in [0.4, 0.5) is 0 Å². The lowest BCUT2D eigenvalue weighted by atomic mass is 9.97. The van der Waals surface area contributed by atoms with Crippen LogP contribution in [0.1, 0.15) is 62.7 Å². The van der Waals surface area contributed by atoms with Crippen molar-refractivity contribution < 1.29 is 33.4 Å². The number of nitrogens with zero attached hydrogens (tertiary/aromatic N) is 2. The second-order valence-electron chi connectivity index (χ2n) is 9.01. The molecule has 1 N–H and O–H groups in total. The van der Waals surface area contributed by atoms with Gasteiger partial charge in [0.1, 0.15) is 18.8 Å². The van der Waals surface area contributed by atoms with Gasteiger partial charge in [-0.15, -0.1) is 0 Å². The lowest BCUT2D eigenvalue weighted by Crippen LogP contribution is -2.43. The molecule has 1 aromatic heterocycles. The molecule has 0 aliphatic heterocycles. The molecule has 1 aromatic carbocycles. The van der Waals surface area contributed by atoms with Gasteiger partial charge in [0.15, 0.2) is 5.69 Å². The van der Waals surface area contributed by atoms with Crippen LogP contribution >= 0.6 is 0 Å². The van der Waals surface area contributed by atoms with E-state index in [4.69, 9.17) is 14.2 Å². The van der Waals surface area contributed by atoms with E-state index < -0.39 is 47.5 Å². The van der Waals surface area contributed by atoms with Crippen LogP contribution in [-0.2, 0) is 35.1 Å². The van der Waals surface area contributed by atoms with Crippen molar-refractivity contribution in [2.75, 3.05) is 13.2 Å². The highest BCUT2D eigenvalue weighted by molar-refractivity contribution is 5.94. The van der Waals surface area contributed by atoms with Crippen LogP contribution in [0.25, 0.3) is 11.0 Å². The SMILES string of the molecule is CCCNC(=O)c1nc2cc(C)c(C)cc2n(C[C@H](OC(C)=O)[C@H](C)[C@@H](COC(C)=O)OC(C)=O)c1=O. The summed E-state index contributed by atoms with van der Waals surface area (Å²) in [7, 11) is 0. The first-order valence-corrected chi connectivity index (χ1v) is 12.1. The van der Waals surface area contributed by atoms with Crippen molar-refractivity contribution in [2.24, 2.45) is 5.92 Å². The maximum atomic E-state index is 13.5. The van der Waals surface area contributed by atoms with Crippen molar-refractivity contribution in [2.45, 2.75) is 73.6 Å². The van der Waals surface area contributed by atoms with E-state index in [1.54, 1.807) is 19.1 Å². The summed E-state index contributed by atoms with van der Waals surface area (Å²) < 4.78 is 17.3. The van der Waals surface area contributed by atoms with Gasteiger partial charge < -0.3 is 24.1 Å². The summed E-state index contributed by atoms with van der Waals surface area (Å²) in [6.45, 7) is 10.9. The quantitative estimate of drug-likeness (QED) is 0.350. The van der Waals surface area contributed by atoms with Crippen molar-refractivity contribution >= 4 is 34.8 Å². The van der Waals surface area contributed by atoms with Crippen LogP contribution in [-0.4, -0.2) is 58.7 Å².